The van der Waals surface area contributed by atoms with Gasteiger partial charge in [0.05, 0.1) is 19.3 Å². The van der Waals surface area contributed by atoms with Crippen LogP contribution < -0.4 is 0 Å². The Morgan fingerprint density at radius 2 is 1.21 bits per heavy atom. The third-order valence-corrected chi connectivity index (χ3v) is 22.7. The maximum Gasteiger partial charge on any atom is 0.201 e. The quantitative estimate of drug-likeness (QED) is 0.130. The van der Waals surface area contributed by atoms with Crippen LogP contribution in [0.4, 0.5) is 0 Å². The van der Waals surface area contributed by atoms with Crippen LogP contribution in [0.1, 0.15) is 95.6 Å². The molecule has 0 aliphatic carbocycles. The van der Waals surface area contributed by atoms with Crippen molar-refractivity contribution in [3.8, 4) is 0 Å². The summed E-state index contributed by atoms with van der Waals surface area (Å²) in [5.74, 6) is -0.196. The topological polar surface area (TPSA) is 63.2 Å². The lowest BCUT2D eigenvalue weighted by Crippen LogP contribution is -2.63. The number of benzene rings is 1. The van der Waals surface area contributed by atoms with E-state index in [1.54, 1.807) is 13.3 Å². The molecule has 1 fully saturated rings. The van der Waals surface area contributed by atoms with Crippen LogP contribution in [-0.2, 0) is 34.0 Å². The van der Waals surface area contributed by atoms with Crippen LogP contribution in [0, 0.1) is 5.92 Å². The van der Waals surface area contributed by atoms with E-state index < -0.39 is 36.4 Å². The first kappa shape index (κ1) is 38.9. The van der Waals surface area contributed by atoms with E-state index in [4.69, 9.17) is 22.8 Å². The van der Waals surface area contributed by atoms with Crippen molar-refractivity contribution in [1.29, 1.82) is 0 Å². The van der Waals surface area contributed by atoms with Gasteiger partial charge in [0.1, 0.15) is 12.2 Å². The molecule has 0 radical (unpaired) electrons. The number of hydrogen-bond donors (Lipinski definition) is 0. The van der Waals surface area contributed by atoms with Gasteiger partial charge in [0.15, 0.2) is 22.0 Å². The predicted octanol–water partition coefficient (Wildman–Crippen LogP) is 10.2. The molecule has 9 heteroatoms. The first-order chi connectivity index (χ1) is 19.8. The fourth-order valence-electron chi connectivity index (χ4n) is 8.07. The largest absolute Gasteiger partial charge is 0.413 e. The van der Waals surface area contributed by atoms with Crippen molar-refractivity contribution in [1.82, 2.24) is 0 Å². The van der Waals surface area contributed by atoms with E-state index in [-0.39, 0.29) is 18.1 Å². The zero-order valence-electron chi connectivity index (χ0n) is 30.0. The van der Waals surface area contributed by atoms with Crippen LogP contribution in [0.3, 0.4) is 0 Å². The Bertz CT molecular complexity index is 966. The van der Waals surface area contributed by atoms with Crippen LogP contribution in [0.5, 0.6) is 0 Å². The van der Waals surface area contributed by atoms with Crippen molar-refractivity contribution in [3.63, 3.8) is 0 Å². The summed E-state index contributed by atoms with van der Waals surface area (Å²) in [5, 5.41) is 0. The van der Waals surface area contributed by atoms with Gasteiger partial charge in [-0.15, -0.1) is 0 Å². The molecule has 1 aliphatic heterocycles. The van der Waals surface area contributed by atoms with Crippen molar-refractivity contribution in [2.75, 3.05) is 19.9 Å². The molecule has 5 unspecified atom stereocenters. The molecule has 0 bridgehead atoms. The van der Waals surface area contributed by atoms with Crippen molar-refractivity contribution in [3.05, 3.63) is 35.9 Å². The molecular formula is C34H65O6PSi2. The average Bonchev–Trinajstić information content (AvgIpc) is 2.87. The minimum Gasteiger partial charge on any atom is -0.413 e. The molecule has 0 spiro atoms. The molecule has 250 valence electrons. The SMILES string of the molecule is CC1C(OP(C)(C)=O)OC(CO[Si](C(C)C)(C(C)C)C(C)C)C(O[Si](C(C)C)(C(C)C)C(C)C)C1OCc1ccccc1. The van der Waals surface area contributed by atoms with E-state index in [0.717, 1.165) is 5.56 Å². The van der Waals surface area contributed by atoms with Gasteiger partial charge in [-0.05, 0) is 38.8 Å². The molecule has 0 saturated carbocycles. The zero-order chi connectivity index (χ0) is 32.9. The van der Waals surface area contributed by atoms with Gasteiger partial charge >= 0.3 is 0 Å². The van der Waals surface area contributed by atoms with Crippen LogP contribution in [0.15, 0.2) is 30.3 Å². The van der Waals surface area contributed by atoms with E-state index in [1.807, 2.05) is 18.2 Å². The van der Waals surface area contributed by atoms with Crippen LogP contribution in [0.2, 0.25) is 33.2 Å². The van der Waals surface area contributed by atoms with Gasteiger partial charge in [-0.25, -0.2) is 0 Å². The first-order valence-corrected chi connectivity index (χ1v) is 23.5. The van der Waals surface area contributed by atoms with Gasteiger partial charge in [-0.2, -0.15) is 0 Å². The smallest absolute Gasteiger partial charge is 0.201 e. The molecule has 1 saturated heterocycles. The Morgan fingerprint density at radius 3 is 1.63 bits per heavy atom. The van der Waals surface area contributed by atoms with Crippen molar-refractivity contribution >= 4 is 24.0 Å². The molecule has 0 aromatic heterocycles. The molecule has 1 heterocycles. The summed E-state index contributed by atoms with van der Waals surface area (Å²) in [6.07, 6.45) is -1.77. The molecular weight excluding hydrogens is 592 g/mol. The fraction of sp³-hybridized carbons (Fsp3) is 0.824. The maximum absolute atomic E-state index is 13.0. The molecule has 1 aliphatic rings. The lowest BCUT2D eigenvalue weighted by molar-refractivity contribution is -0.263. The second-order valence-corrected chi connectivity index (χ2v) is 28.6. The summed E-state index contributed by atoms with van der Waals surface area (Å²) in [7, 11) is -7.40. The van der Waals surface area contributed by atoms with Gasteiger partial charge in [0.2, 0.25) is 8.32 Å². The zero-order valence-corrected chi connectivity index (χ0v) is 32.9. The first-order valence-electron chi connectivity index (χ1n) is 16.7. The van der Waals surface area contributed by atoms with Gasteiger partial charge < -0.3 is 18.3 Å². The lowest BCUT2D eigenvalue weighted by Gasteiger charge is -2.52. The van der Waals surface area contributed by atoms with Gasteiger partial charge in [0.25, 0.3) is 0 Å². The molecule has 43 heavy (non-hydrogen) atoms. The monoisotopic (exact) mass is 656 g/mol. The highest BCUT2D eigenvalue weighted by atomic mass is 31.2. The van der Waals surface area contributed by atoms with Crippen LogP contribution >= 0.6 is 7.37 Å². The van der Waals surface area contributed by atoms with Crippen molar-refractivity contribution in [2.45, 2.75) is 154 Å². The second kappa shape index (κ2) is 16.0. The summed E-state index contributed by atoms with van der Waals surface area (Å²) in [6, 6.07) is 10.3. The normalized spacial score (nSPS) is 24.3. The van der Waals surface area contributed by atoms with Crippen molar-refractivity contribution in [2.24, 2.45) is 5.92 Å². The molecule has 1 aromatic rings. The Balaban J connectivity index is 2.67. The van der Waals surface area contributed by atoms with E-state index in [9.17, 15) is 4.57 Å². The number of rotatable bonds is 16. The third kappa shape index (κ3) is 9.15. The highest BCUT2D eigenvalue weighted by Gasteiger charge is 2.55. The van der Waals surface area contributed by atoms with E-state index in [0.29, 0.717) is 46.5 Å². The molecule has 1 aromatic carbocycles. The summed E-state index contributed by atoms with van der Waals surface area (Å²) in [6.45, 7) is 34.0. The Kier molecular flexibility index (Phi) is 14.5. The minimum absolute atomic E-state index is 0.196. The highest BCUT2D eigenvalue weighted by Crippen LogP contribution is 2.49. The predicted molar refractivity (Wildman–Crippen MR) is 186 cm³/mol. The number of hydrogen-bond acceptors (Lipinski definition) is 6. The molecule has 0 amide bonds. The summed E-state index contributed by atoms with van der Waals surface area (Å²) in [5.41, 5.74) is 3.61. The Morgan fingerprint density at radius 1 is 0.744 bits per heavy atom. The Hall–Kier alpha value is -0.316. The van der Waals surface area contributed by atoms with E-state index in [1.165, 1.54) is 0 Å². The van der Waals surface area contributed by atoms with Gasteiger partial charge in [0, 0.05) is 19.2 Å². The molecule has 6 nitrogen and oxygen atoms in total. The maximum atomic E-state index is 13.0. The second-order valence-electron chi connectivity index (χ2n) is 15.0. The third-order valence-electron chi connectivity index (χ3n) is 9.84. The average molecular weight is 657 g/mol. The fourth-order valence-corrected chi connectivity index (χ4v) is 19.8. The molecule has 5 atom stereocenters. The minimum atomic E-state index is -2.85. The van der Waals surface area contributed by atoms with Crippen LogP contribution in [-0.4, -0.2) is 61.2 Å². The Labute approximate surface area is 267 Å². The van der Waals surface area contributed by atoms with E-state index >= 15 is 0 Å². The van der Waals surface area contributed by atoms with Crippen molar-refractivity contribution < 1.29 is 27.4 Å². The van der Waals surface area contributed by atoms with Crippen LogP contribution in [0.25, 0.3) is 0 Å². The summed E-state index contributed by atoms with van der Waals surface area (Å²) < 4.78 is 47.5. The number of ether oxygens (including phenoxy) is 2. The summed E-state index contributed by atoms with van der Waals surface area (Å²) >= 11 is 0. The van der Waals surface area contributed by atoms with Gasteiger partial charge in [-0.3, -0.25) is 9.09 Å². The molecule has 2 rings (SSSR count). The summed E-state index contributed by atoms with van der Waals surface area (Å²) in [4.78, 5) is 0. The highest BCUT2D eigenvalue weighted by molar-refractivity contribution is 7.57. The van der Waals surface area contributed by atoms with E-state index in [2.05, 4.69) is 102 Å². The lowest BCUT2D eigenvalue weighted by atomic mass is 9.92. The molecule has 0 N–H and O–H groups in total. The van der Waals surface area contributed by atoms with Gasteiger partial charge in [-0.1, -0.05) is 120 Å². The standard InChI is InChI=1S/C34H65O6PSi2/c1-23(2)42(24(3)4,25(5)6)37-22-31-33(40-43(26(7)8,27(9)10)28(11)12)32(36-21-30-19-17-16-18-20-30)29(13)34(38-31)39-41(14,15)35/h16-20,23-29,31-34H,21-22H2,1-15H3.